The molecule has 1 atom stereocenters. The Morgan fingerprint density at radius 1 is 1.62 bits per heavy atom. The van der Waals surface area contributed by atoms with Gasteiger partial charge in [-0.05, 0) is 12.0 Å². The summed E-state index contributed by atoms with van der Waals surface area (Å²) in [4.78, 5) is 13.2. The molecule has 6 heteroatoms. The zero-order chi connectivity index (χ0) is 12.0. The van der Waals surface area contributed by atoms with Crippen LogP contribution >= 0.6 is 21.8 Å². The summed E-state index contributed by atoms with van der Waals surface area (Å²) in [5.41, 5.74) is 0.619. The zero-order valence-electron chi connectivity index (χ0n) is 9.71. The fourth-order valence-corrected chi connectivity index (χ4v) is 5.14. The van der Waals surface area contributed by atoms with Gasteiger partial charge in [-0.3, -0.25) is 0 Å². The van der Waals surface area contributed by atoms with E-state index in [-0.39, 0.29) is 6.03 Å². The van der Waals surface area contributed by atoms with Crippen LogP contribution in [0.25, 0.3) is 0 Å². The third-order valence-corrected chi connectivity index (χ3v) is 8.35. The molecule has 93 valence electrons. The monoisotopic (exact) mass is 355 g/mol. The molecule has 0 saturated carbocycles. The number of carbonyl (C=O) groups is 1. The number of carbonyl (C=O) groups excluding carboxylic acids is 1. The standard InChI is InChI=1S/C10H20IN2O2Si/c1-2-3-9(16(11)8-14)4-6-13-7-5-12-10(13)15/h9,14H,2-8H2,1H3,(H,12,15). The number of amides is 2. The van der Waals surface area contributed by atoms with Gasteiger partial charge in [0.15, 0.2) is 6.29 Å². The van der Waals surface area contributed by atoms with E-state index in [0.29, 0.717) is 11.8 Å². The molecule has 0 aliphatic carbocycles. The van der Waals surface area contributed by atoms with E-state index in [4.69, 9.17) is 0 Å². The van der Waals surface area contributed by atoms with Crippen LogP contribution in [0.3, 0.4) is 0 Å². The number of urea groups is 1. The molecule has 4 nitrogen and oxygen atoms in total. The molecule has 2 N–H and O–H groups in total. The number of aliphatic hydroxyl groups is 1. The van der Waals surface area contributed by atoms with Gasteiger partial charge in [0.2, 0.25) is 0 Å². The zero-order valence-corrected chi connectivity index (χ0v) is 12.9. The molecule has 1 aliphatic heterocycles. The first kappa shape index (κ1) is 14.2. The van der Waals surface area contributed by atoms with Crippen molar-refractivity contribution >= 4 is 34.1 Å². The Hall–Kier alpha value is 0.177. The Morgan fingerprint density at radius 2 is 2.38 bits per heavy atom. The number of nitrogens with one attached hydrogen (secondary N) is 1. The summed E-state index contributed by atoms with van der Waals surface area (Å²) >= 11 is 2.42. The van der Waals surface area contributed by atoms with Crippen molar-refractivity contribution in [2.24, 2.45) is 0 Å². The predicted octanol–water partition coefficient (Wildman–Crippen LogP) is 1.53. The number of hydrogen-bond donors (Lipinski definition) is 2. The van der Waals surface area contributed by atoms with Gasteiger partial charge < -0.3 is 15.3 Å². The van der Waals surface area contributed by atoms with Crippen molar-refractivity contribution in [3.8, 4) is 0 Å². The summed E-state index contributed by atoms with van der Waals surface area (Å²) < 4.78 is 0. The molecule has 16 heavy (non-hydrogen) atoms. The van der Waals surface area contributed by atoms with Crippen LogP contribution in [0.1, 0.15) is 26.2 Å². The van der Waals surface area contributed by atoms with Gasteiger partial charge in [0.05, 0.1) is 0 Å². The second kappa shape index (κ2) is 7.49. The minimum Gasteiger partial charge on any atom is -0.399 e. The van der Waals surface area contributed by atoms with E-state index >= 15 is 0 Å². The summed E-state index contributed by atoms with van der Waals surface area (Å²) in [5, 5.41) is 12.0. The van der Waals surface area contributed by atoms with Crippen molar-refractivity contribution in [2.45, 2.75) is 31.7 Å². The smallest absolute Gasteiger partial charge is 0.317 e. The fourth-order valence-electron chi connectivity index (χ4n) is 1.97. The van der Waals surface area contributed by atoms with E-state index in [9.17, 15) is 9.90 Å². The molecule has 2 amide bonds. The second-order valence-electron chi connectivity index (χ2n) is 4.10. The Morgan fingerprint density at radius 3 is 2.88 bits per heavy atom. The lowest BCUT2D eigenvalue weighted by Gasteiger charge is -2.22. The van der Waals surface area contributed by atoms with Crippen molar-refractivity contribution in [1.82, 2.24) is 10.2 Å². The van der Waals surface area contributed by atoms with Crippen LogP contribution in [-0.2, 0) is 0 Å². The van der Waals surface area contributed by atoms with Gasteiger partial charge >= 0.3 is 6.03 Å². The Bertz CT molecular complexity index is 231. The molecule has 1 unspecified atom stereocenters. The molecule has 1 saturated heterocycles. The second-order valence-corrected chi connectivity index (χ2v) is 10.3. The van der Waals surface area contributed by atoms with Gasteiger partial charge in [-0.2, -0.15) is 0 Å². The third-order valence-electron chi connectivity index (χ3n) is 2.92. The highest BCUT2D eigenvalue weighted by atomic mass is 127. The molecule has 0 aromatic carbocycles. The molecule has 1 fully saturated rings. The van der Waals surface area contributed by atoms with E-state index < -0.39 is 6.29 Å². The van der Waals surface area contributed by atoms with Crippen LogP contribution in [0.4, 0.5) is 4.79 Å². The first-order valence-electron chi connectivity index (χ1n) is 5.83. The third kappa shape index (κ3) is 4.21. The SMILES string of the molecule is CCCC(CCN1CCNC1=O)[Si](I)CO. The summed E-state index contributed by atoms with van der Waals surface area (Å²) in [6.45, 7) is 4.63. The number of hydrogen-bond acceptors (Lipinski definition) is 2. The predicted molar refractivity (Wildman–Crippen MR) is 75.1 cm³/mol. The van der Waals surface area contributed by atoms with Gasteiger partial charge in [0.25, 0.3) is 0 Å². The maximum absolute atomic E-state index is 11.4. The van der Waals surface area contributed by atoms with Gasteiger partial charge in [-0.25, -0.2) is 4.79 Å². The van der Waals surface area contributed by atoms with E-state index in [2.05, 4.69) is 34.0 Å². The lowest BCUT2D eigenvalue weighted by molar-refractivity contribution is 0.216. The number of nitrogens with zero attached hydrogens (tertiary/aromatic N) is 1. The molecule has 0 spiro atoms. The first-order chi connectivity index (χ1) is 7.69. The molecule has 1 aliphatic rings. The number of halogens is 1. The number of aliphatic hydroxyl groups excluding tert-OH is 1. The minimum absolute atomic E-state index is 0.0708. The normalized spacial score (nSPS) is 18.0. The topological polar surface area (TPSA) is 52.6 Å². The molecule has 1 radical (unpaired) electrons. The van der Waals surface area contributed by atoms with E-state index in [1.54, 1.807) is 0 Å². The quantitative estimate of drug-likeness (QED) is 0.413. The number of rotatable bonds is 7. The fraction of sp³-hybridized carbons (Fsp3) is 0.900. The van der Waals surface area contributed by atoms with Crippen molar-refractivity contribution in [1.29, 1.82) is 0 Å². The molecule has 1 heterocycles. The van der Waals surface area contributed by atoms with Crippen LogP contribution in [0, 0.1) is 0 Å². The molecular weight excluding hydrogens is 335 g/mol. The Balaban J connectivity index is 2.33. The molecule has 0 aromatic heterocycles. The highest BCUT2D eigenvalue weighted by Gasteiger charge is 2.24. The van der Waals surface area contributed by atoms with Crippen molar-refractivity contribution in [2.75, 3.05) is 25.9 Å². The van der Waals surface area contributed by atoms with Crippen LogP contribution in [0.15, 0.2) is 0 Å². The van der Waals surface area contributed by atoms with Crippen LogP contribution in [0.2, 0.25) is 5.54 Å². The molecule has 1 rings (SSSR count). The lowest BCUT2D eigenvalue weighted by Crippen LogP contribution is -2.31. The van der Waals surface area contributed by atoms with Crippen LogP contribution in [0.5, 0.6) is 0 Å². The van der Waals surface area contributed by atoms with Crippen LogP contribution in [-0.4, -0.2) is 48.2 Å². The summed E-state index contributed by atoms with van der Waals surface area (Å²) in [6, 6.07) is 0.0708. The van der Waals surface area contributed by atoms with Crippen LogP contribution < -0.4 is 5.32 Å². The molecular formula is C10H20IN2O2Si. The van der Waals surface area contributed by atoms with Crippen molar-refractivity contribution < 1.29 is 9.90 Å². The van der Waals surface area contributed by atoms with Gasteiger partial charge in [-0.15, -0.1) is 21.8 Å². The average molecular weight is 355 g/mol. The highest BCUT2D eigenvalue weighted by Crippen LogP contribution is 2.26. The lowest BCUT2D eigenvalue weighted by atomic mass is 10.2. The summed E-state index contributed by atoms with van der Waals surface area (Å²) in [5.74, 6) is 0. The summed E-state index contributed by atoms with van der Waals surface area (Å²) in [6.07, 6.45) is 3.04. The average Bonchev–Trinajstić information content (AvgIpc) is 2.69. The van der Waals surface area contributed by atoms with E-state index in [0.717, 1.165) is 32.5 Å². The molecule has 0 aromatic rings. The van der Waals surface area contributed by atoms with Gasteiger partial charge in [0.1, 0.15) is 0 Å². The maximum Gasteiger partial charge on any atom is 0.317 e. The van der Waals surface area contributed by atoms with Crippen molar-refractivity contribution in [3.05, 3.63) is 0 Å². The van der Waals surface area contributed by atoms with Gasteiger partial charge in [0, 0.05) is 25.9 Å². The van der Waals surface area contributed by atoms with Gasteiger partial charge in [-0.1, -0.05) is 19.8 Å². The first-order valence-corrected chi connectivity index (χ1v) is 10.7. The maximum atomic E-state index is 11.4. The molecule has 0 bridgehead atoms. The van der Waals surface area contributed by atoms with Crippen molar-refractivity contribution in [3.63, 3.8) is 0 Å². The highest BCUT2D eigenvalue weighted by molar-refractivity contribution is 14.1. The Labute approximate surface area is 112 Å². The van der Waals surface area contributed by atoms with E-state index in [1.807, 2.05) is 4.90 Å². The largest absolute Gasteiger partial charge is 0.399 e. The summed E-state index contributed by atoms with van der Waals surface area (Å²) in [7, 11) is 0. The van der Waals surface area contributed by atoms with E-state index in [1.165, 1.54) is 6.42 Å². The Kier molecular flexibility index (Phi) is 6.67. The minimum atomic E-state index is -0.671.